The Bertz CT molecular complexity index is 484. The summed E-state index contributed by atoms with van der Waals surface area (Å²) in [4.78, 5) is 9.68. The molecule has 0 aromatic carbocycles. The monoisotopic (exact) mass is 291 g/mol. The number of rotatable bonds is 4. The van der Waals surface area contributed by atoms with Crippen LogP contribution < -0.4 is 4.90 Å². The number of hydrogen-bond donors (Lipinski definition) is 0. The highest BCUT2D eigenvalue weighted by Gasteiger charge is 2.39. The van der Waals surface area contributed by atoms with E-state index in [9.17, 15) is 13.2 Å². The van der Waals surface area contributed by atoms with Crippen molar-refractivity contribution in [1.82, 2.24) is 9.97 Å². The molecule has 0 atom stereocenters. The van der Waals surface area contributed by atoms with E-state index in [1.54, 1.807) is 0 Å². The normalized spacial score (nSPS) is 19.6. The molecule has 1 aromatic rings. The number of halogens is 4. The van der Waals surface area contributed by atoms with E-state index < -0.39 is 12.7 Å². The maximum absolute atomic E-state index is 12.6. The van der Waals surface area contributed by atoms with Crippen LogP contribution in [-0.2, 0) is 0 Å². The van der Waals surface area contributed by atoms with Crippen molar-refractivity contribution in [3.63, 3.8) is 0 Å². The van der Waals surface area contributed by atoms with Gasteiger partial charge in [-0.1, -0.05) is 11.6 Å². The summed E-state index contributed by atoms with van der Waals surface area (Å²) in [5.74, 6) is 1.15. The lowest BCUT2D eigenvalue weighted by Crippen LogP contribution is -2.36. The van der Waals surface area contributed by atoms with Crippen LogP contribution >= 0.6 is 11.6 Å². The first kappa shape index (κ1) is 13.0. The van der Waals surface area contributed by atoms with Gasteiger partial charge in [0.25, 0.3) is 0 Å². The van der Waals surface area contributed by atoms with Crippen LogP contribution in [0.4, 0.5) is 19.0 Å². The molecule has 2 aliphatic rings. The van der Waals surface area contributed by atoms with E-state index in [4.69, 9.17) is 11.6 Å². The van der Waals surface area contributed by atoms with Gasteiger partial charge in [0.15, 0.2) is 0 Å². The zero-order chi connectivity index (χ0) is 13.6. The molecule has 3 rings (SSSR count). The van der Waals surface area contributed by atoms with E-state index in [1.807, 2.05) is 0 Å². The van der Waals surface area contributed by atoms with Gasteiger partial charge in [0, 0.05) is 18.0 Å². The lowest BCUT2D eigenvalue weighted by atomic mass is 10.3. The van der Waals surface area contributed by atoms with Crippen molar-refractivity contribution in [2.45, 2.75) is 43.8 Å². The van der Waals surface area contributed by atoms with E-state index in [0.717, 1.165) is 25.7 Å². The summed E-state index contributed by atoms with van der Waals surface area (Å²) in [7, 11) is 0. The lowest BCUT2D eigenvalue weighted by Gasteiger charge is -2.25. The van der Waals surface area contributed by atoms with Gasteiger partial charge in [0.2, 0.25) is 0 Å². The number of anilines is 1. The Morgan fingerprint density at radius 2 is 1.89 bits per heavy atom. The summed E-state index contributed by atoms with van der Waals surface area (Å²) >= 11 is 5.90. The molecular formula is C12H13ClF3N3. The first-order chi connectivity index (χ1) is 8.92. The molecule has 104 valence electrons. The van der Waals surface area contributed by atoms with Gasteiger partial charge in [-0.2, -0.15) is 13.2 Å². The number of aromatic nitrogens is 2. The first-order valence-electron chi connectivity index (χ1n) is 6.30. The van der Waals surface area contributed by atoms with E-state index in [1.165, 1.54) is 11.0 Å². The Morgan fingerprint density at radius 3 is 2.42 bits per heavy atom. The summed E-state index contributed by atoms with van der Waals surface area (Å²) in [5.41, 5.74) is 0. The van der Waals surface area contributed by atoms with Crippen molar-refractivity contribution < 1.29 is 13.2 Å². The first-order valence-corrected chi connectivity index (χ1v) is 6.68. The second-order valence-corrected chi connectivity index (χ2v) is 5.54. The Hall–Kier alpha value is -1.04. The Balaban J connectivity index is 1.88. The van der Waals surface area contributed by atoms with Crippen molar-refractivity contribution in [3.8, 4) is 0 Å². The molecule has 2 saturated carbocycles. The molecule has 2 aliphatic carbocycles. The van der Waals surface area contributed by atoms with Crippen LogP contribution in [0.25, 0.3) is 0 Å². The molecule has 7 heteroatoms. The van der Waals surface area contributed by atoms with Gasteiger partial charge in [-0.05, 0) is 25.7 Å². The molecule has 1 aromatic heterocycles. The third-order valence-corrected chi connectivity index (χ3v) is 3.47. The van der Waals surface area contributed by atoms with Crippen molar-refractivity contribution in [1.29, 1.82) is 0 Å². The zero-order valence-electron chi connectivity index (χ0n) is 10.1. The smallest absolute Gasteiger partial charge is 0.344 e. The third-order valence-electron chi connectivity index (χ3n) is 3.27. The highest BCUT2D eigenvalue weighted by Crippen LogP contribution is 2.40. The highest BCUT2D eigenvalue weighted by atomic mass is 35.5. The van der Waals surface area contributed by atoms with Gasteiger partial charge in [-0.25, -0.2) is 9.97 Å². The van der Waals surface area contributed by atoms with E-state index >= 15 is 0 Å². The second kappa shape index (κ2) is 4.51. The van der Waals surface area contributed by atoms with Crippen molar-refractivity contribution in [3.05, 3.63) is 17.0 Å². The predicted molar refractivity (Wildman–Crippen MR) is 65.4 cm³/mol. The fraction of sp³-hybridized carbons (Fsp3) is 0.667. The summed E-state index contributed by atoms with van der Waals surface area (Å²) in [6, 6.07) is 1.36. The molecule has 0 unspecified atom stereocenters. The van der Waals surface area contributed by atoms with Crippen molar-refractivity contribution in [2.24, 2.45) is 0 Å². The van der Waals surface area contributed by atoms with Gasteiger partial charge in [0.1, 0.15) is 23.3 Å². The standard InChI is InChI=1S/C12H13ClF3N3/c13-9-5-10(18-11(17-9)7-1-2-7)19(8-3-4-8)6-12(14,15)16/h5,7-8H,1-4,6H2. The van der Waals surface area contributed by atoms with Gasteiger partial charge in [0.05, 0.1) is 0 Å². The number of hydrogen-bond acceptors (Lipinski definition) is 3. The van der Waals surface area contributed by atoms with Crippen molar-refractivity contribution in [2.75, 3.05) is 11.4 Å². The third kappa shape index (κ3) is 3.29. The topological polar surface area (TPSA) is 29.0 Å². The van der Waals surface area contributed by atoms with Crippen LogP contribution in [0.15, 0.2) is 6.07 Å². The maximum atomic E-state index is 12.6. The molecule has 0 amide bonds. The summed E-state index contributed by atoms with van der Waals surface area (Å²) in [5, 5.41) is 0.222. The fourth-order valence-electron chi connectivity index (χ4n) is 2.07. The Labute approximate surface area is 113 Å². The average molecular weight is 292 g/mol. The summed E-state index contributed by atoms with van der Waals surface area (Å²) < 4.78 is 37.9. The maximum Gasteiger partial charge on any atom is 0.405 e. The lowest BCUT2D eigenvalue weighted by molar-refractivity contribution is -0.120. The number of alkyl halides is 3. The van der Waals surface area contributed by atoms with Crippen LogP contribution in [-0.4, -0.2) is 28.7 Å². The Kier molecular flexibility index (Phi) is 3.08. The molecule has 2 fully saturated rings. The molecule has 3 nitrogen and oxygen atoms in total. The van der Waals surface area contributed by atoms with Crippen molar-refractivity contribution >= 4 is 17.4 Å². The van der Waals surface area contributed by atoms with Gasteiger partial charge in [-0.15, -0.1) is 0 Å². The molecule has 0 aliphatic heterocycles. The van der Waals surface area contributed by atoms with Crippen LogP contribution in [0.5, 0.6) is 0 Å². The van der Waals surface area contributed by atoms with Gasteiger partial charge >= 0.3 is 6.18 Å². The summed E-state index contributed by atoms with van der Waals surface area (Å²) in [6.45, 7) is -0.977. The predicted octanol–water partition coefficient (Wildman–Crippen LogP) is 3.54. The largest absolute Gasteiger partial charge is 0.405 e. The molecule has 0 bridgehead atoms. The number of nitrogens with zero attached hydrogens (tertiary/aromatic N) is 3. The molecule has 0 spiro atoms. The van der Waals surface area contributed by atoms with Gasteiger partial charge < -0.3 is 4.90 Å². The van der Waals surface area contributed by atoms with E-state index in [0.29, 0.717) is 11.6 Å². The molecule has 19 heavy (non-hydrogen) atoms. The van der Waals surface area contributed by atoms with Gasteiger partial charge in [-0.3, -0.25) is 0 Å². The SMILES string of the molecule is FC(F)(F)CN(c1cc(Cl)nc(C2CC2)n1)C1CC1. The minimum atomic E-state index is -4.24. The minimum absolute atomic E-state index is 0.0698. The average Bonchev–Trinajstić information content (AvgIpc) is 3.14. The molecule has 0 N–H and O–H groups in total. The zero-order valence-corrected chi connectivity index (χ0v) is 10.9. The molecule has 0 saturated heterocycles. The minimum Gasteiger partial charge on any atom is -0.344 e. The second-order valence-electron chi connectivity index (χ2n) is 5.16. The van der Waals surface area contributed by atoms with Crippen LogP contribution in [0.1, 0.15) is 37.4 Å². The summed E-state index contributed by atoms with van der Waals surface area (Å²) in [6.07, 6.45) is -0.711. The fourth-order valence-corrected chi connectivity index (χ4v) is 2.25. The molecule has 1 heterocycles. The van der Waals surface area contributed by atoms with E-state index in [-0.39, 0.29) is 17.1 Å². The quantitative estimate of drug-likeness (QED) is 0.795. The molecule has 0 radical (unpaired) electrons. The van der Waals surface area contributed by atoms with Crippen LogP contribution in [0.2, 0.25) is 5.15 Å². The van der Waals surface area contributed by atoms with Crippen LogP contribution in [0, 0.1) is 0 Å². The highest BCUT2D eigenvalue weighted by molar-refractivity contribution is 6.29. The van der Waals surface area contributed by atoms with E-state index in [2.05, 4.69) is 9.97 Å². The molecular weight excluding hydrogens is 279 g/mol. The Morgan fingerprint density at radius 1 is 1.21 bits per heavy atom. The van der Waals surface area contributed by atoms with Crippen LogP contribution in [0.3, 0.4) is 0 Å².